The van der Waals surface area contributed by atoms with E-state index in [2.05, 4.69) is 16.0 Å². The summed E-state index contributed by atoms with van der Waals surface area (Å²) in [5, 5.41) is 8.95. The normalized spacial score (nSPS) is 13.9. The van der Waals surface area contributed by atoms with E-state index in [0.717, 1.165) is 5.32 Å². The van der Waals surface area contributed by atoms with E-state index in [-0.39, 0.29) is 12.0 Å². The van der Waals surface area contributed by atoms with E-state index in [0.29, 0.717) is 16.3 Å². The fourth-order valence-electron chi connectivity index (χ4n) is 3.94. The van der Waals surface area contributed by atoms with Crippen molar-refractivity contribution in [2.24, 2.45) is 5.92 Å². The van der Waals surface area contributed by atoms with Gasteiger partial charge in [0, 0.05) is 5.02 Å². The quantitative estimate of drug-likeness (QED) is 0.187. The molecule has 0 saturated heterocycles. The van der Waals surface area contributed by atoms with Crippen LogP contribution in [0, 0.1) is 5.92 Å². The van der Waals surface area contributed by atoms with Crippen molar-refractivity contribution in [3.63, 3.8) is 0 Å². The number of hydrogen-bond donors (Lipinski definition) is 4. The summed E-state index contributed by atoms with van der Waals surface area (Å²) < 4.78 is 71.7. The van der Waals surface area contributed by atoms with Gasteiger partial charge in [-0.15, -0.1) is 0 Å². The van der Waals surface area contributed by atoms with Crippen LogP contribution >= 0.6 is 11.6 Å². The number of carbonyl (C=O) groups is 4. The number of halogens is 6. The molecule has 0 aliphatic heterocycles. The summed E-state index contributed by atoms with van der Waals surface area (Å²) in [5.74, 6) is -11.9. The molecule has 0 heterocycles. The molecule has 0 aromatic heterocycles. The van der Waals surface area contributed by atoms with E-state index in [1.165, 1.54) is 52.3 Å². The van der Waals surface area contributed by atoms with Crippen LogP contribution in [0.3, 0.4) is 0 Å². The van der Waals surface area contributed by atoms with Crippen LogP contribution in [0.5, 0.6) is 5.75 Å². The van der Waals surface area contributed by atoms with E-state index in [1.54, 1.807) is 24.3 Å². The second-order valence-electron chi connectivity index (χ2n) is 9.86. The number of alkyl halides is 5. The molecule has 0 fully saturated rings. The molecule has 3 atom stereocenters. The Labute approximate surface area is 249 Å². The highest BCUT2D eigenvalue weighted by Gasteiger charge is 2.52. The summed E-state index contributed by atoms with van der Waals surface area (Å²) in [6.45, 7) is 0.492. The summed E-state index contributed by atoms with van der Waals surface area (Å²) in [6, 6.07) is 8.14. The molecule has 0 radical (unpaired) electrons. The van der Waals surface area contributed by atoms with Gasteiger partial charge in [-0.05, 0) is 54.8 Å². The lowest BCUT2D eigenvalue weighted by molar-refractivity contribution is -0.165. The number of ketones is 1. The Balaban J connectivity index is 2.35. The van der Waals surface area contributed by atoms with Crippen molar-refractivity contribution >= 4 is 35.1 Å². The fraction of sp³-hybridized carbons (Fsp3) is 0.429. The number of carbonyl (C=O) groups excluding carboxylic acids is 4. The Bertz CT molecular complexity index is 1290. The number of rotatable bonds is 14. The summed E-state index contributed by atoms with van der Waals surface area (Å²) >= 11 is 6.03. The SMILES string of the molecule is CNC(Cc1cccc(Cl)c1)C(=O)NC(C(=O)N[C@H](C(=O)C(F)(F)C(=O)NCC(F)(F)F)C(C)C)c1ccc(OC)cc1. The molecule has 43 heavy (non-hydrogen) atoms. The van der Waals surface area contributed by atoms with Crippen LogP contribution in [0.15, 0.2) is 48.5 Å². The first kappa shape index (κ1) is 35.4. The third kappa shape index (κ3) is 10.2. The van der Waals surface area contributed by atoms with E-state index < -0.39 is 66.2 Å². The van der Waals surface area contributed by atoms with Crippen LogP contribution in [0.25, 0.3) is 0 Å². The van der Waals surface area contributed by atoms with E-state index in [9.17, 15) is 41.1 Å². The molecule has 0 aliphatic carbocycles. The van der Waals surface area contributed by atoms with Crippen LogP contribution in [0.4, 0.5) is 22.0 Å². The lowest BCUT2D eigenvalue weighted by Crippen LogP contribution is -2.58. The molecule has 0 bridgehead atoms. The molecule has 9 nitrogen and oxygen atoms in total. The molecular weight excluding hydrogens is 603 g/mol. The number of benzene rings is 2. The first-order valence-corrected chi connectivity index (χ1v) is 13.3. The summed E-state index contributed by atoms with van der Waals surface area (Å²) in [6.07, 6.45) is -4.84. The maximum Gasteiger partial charge on any atom is 0.405 e. The Morgan fingerprint density at radius 2 is 1.56 bits per heavy atom. The van der Waals surface area contributed by atoms with Gasteiger partial charge in [-0.25, -0.2) is 0 Å². The topological polar surface area (TPSA) is 126 Å². The molecule has 2 aromatic carbocycles. The molecule has 4 N–H and O–H groups in total. The number of hydrogen-bond acceptors (Lipinski definition) is 6. The standard InChI is InChI=1S/C28H32ClF5N4O5/c1-15(2)21(23(39)28(33,34)26(42)36-14-27(30,31)32)37-25(41)22(17-8-10-19(43-4)11-9-17)38-24(40)20(35-3)13-16-6-5-7-18(29)12-16/h5-12,15,20-22,35H,13-14H2,1-4H3,(H,36,42)(H,37,41)(H,38,40)/t20?,21-,22?/m0/s1. The number of nitrogens with one attached hydrogen (secondary N) is 4. The van der Waals surface area contributed by atoms with Gasteiger partial charge < -0.3 is 26.0 Å². The maximum atomic E-state index is 14.7. The Morgan fingerprint density at radius 3 is 2.07 bits per heavy atom. The maximum absolute atomic E-state index is 14.7. The lowest BCUT2D eigenvalue weighted by Gasteiger charge is -2.28. The molecule has 0 aliphatic rings. The number of Topliss-reactive ketones (excluding diaryl/α,β-unsaturated/α-hetero) is 1. The van der Waals surface area contributed by atoms with E-state index >= 15 is 0 Å². The average Bonchev–Trinajstić information content (AvgIpc) is 2.95. The molecule has 0 spiro atoms. The number of amides is 3. The van der Waals surface area contributed by atoms with Crippen molar-refractivity contribution in [2.45, 2.75) is 50.5 Å². The van der Waals surface area contributed by atoms with Gasteiger partial charge in [0.05, 0.1) is 19.2 Å². The fourth-order valence-corrected chi connectivity index (χ4v) is 4.15. The van der Waals surface area contributed by atoms with Gasteiger partial charge in [-0.2, -0.15) is 22.0 Å². The predicted molar refractivity (Wildman–Crippen MR) is 148 cm³/mol. The first-order chi connectivity index (χ1) is 20.0. The highest BCUT2D eigenvalue weighted by atomic mass is 35.5. The molecule has 2 unspecified atom stereocenters. The molecule has 3 amide bonds. The Morgan fingerprint density at radius 1 is 0.930 bits per heavy atom. The van der Waals surface area contributed by atoms with Gasteiger partial charge in [0.15, 0.2) is 0 Å². The van der Waals surface area contributed by atoms with Gasteiger partial charge in [-0.3, -0.25) is 19.2 Å². The highest BCUT2D eigenvalue weighted by Crippen LogP contribution is 2.24. The van der Waals surface area contributed by atoms with Gasteiger partial charge in [0.1, 0.15) is 18.3 Å². The van der Waals surface area contributed by atoms with Gasteiger partial charge in [0.2, 0.25) is 17.6 Å². The van der Waals surface area contributed by atoms with Crippen molar-refractivity contribution in [3.8, 4) is 5.75 Å². The molecule has 2 aromatic rings. The summed E-state index contributed by atoms with van der Waals surface area (Å²) in [7, 11) is 2.91. The minimum atomic E-state index is -5.00. The van der Waals surface area contributed by atoms with Gasteiger partial charge >= 0.3 is 12.1 Å². The number of methoxy groups -OCH3 is 1. The second-order valence-corrected chi connectivity index (χ2v) is 10.3. The van der Waals surface area contributed by atoms with Crippen LogP contribution in [0.2, 0.25) is 5.02 Å². The molecule has 2 rings (SSSR count). The van der Waals surface area contributed by atoms with Gasteiger partial charge in [-0.1, -0.05) is 49.7 Å². The zero-order valence-corrected chi connectivity index (χ0v) is 24.4. The van der Waals surface area contributed by atoms with Gasteiger partial charge in [0.25, 0.3) is 5.91 Å². The molecular formula is C28H32ClF5N4O5. The molecule has 0 saturated carbocycles. The summed E-state index contributed by atoms with van der Waals surface area (Å²) in [5.41, 5.74) is 0.887. The Hall–Kier alpha value is -3.78. The van der Waals surface area contributed by atoms with Crippen LogP contribution < -0.4 is 26.0 Å². The smallest absolute Gasteiger partial charge is 0.405 e. The van der Waals surface area contributed by atoms with Crippen molar-refractivity contribution in [3.05, 3.63) is 64.7 Å². The Kier molecular flexibility index (Phi) is 12.4. The van der Waals surface area contributed by atoms with Crippen molar-refractivity contribution in [1.29, 1.82) is 0 Å². The van der Waals surface area contributed by atoms with Crippen molar-refractivity contribution in [1.82, 2.24) is 21.3 Å². The molecule has 236 valence electrons. The minimum absolute atomic E-state index is 0.159. The largest absolute Gasteiger partial charge is 0.497 e. The van der Waals surface area contributed by atoms with E-state index in [4.69, 9.17) is 16.3 Å². The second kappa shape index (κ2) is 15.1. The first-order valence-electron chi connectivity index (χ1n) is 12.9. The third-order valence-electron chi connectivity index (χ3n) is 6.28. The van der Waals surface area contributed by atoms with Crippen LogP contribution in [-0.2, 0) is 25.6 Å². The number of ether oxygens (including phenoxy) is 1. The van der Waals surface area contributed by atoms with Crippen LogP contribution in [-0.4, -0.2) is 68.4 Å². The monoisotopic (exact) mass is 634 g/mol. The lowest BCUT2D eigenvalue weighted by atomic mass is 9.94. The number of likely N-dealkylation sites (N-methyl/N-ethyl adjacent to an activating group) is 1. The minimum Gasteiger partial charge on any atom is -0.497 e. The predicted octanol–water partition coefficient (Wildman–Crippen LogP) is 3.36. The average molecular weight is 635 g/mol. The van der Waals surface area contributed by atoms with E-state index in [1.807, 2.05) is 0 Å². The summed E-state index contributed by atoms with van der Waals surface area (Å²) in [4.78, 5) is 51.3. The third-order valence-corrected chi connectivity index (χ3v) is 6.52. The zero-order chi connectivity index (χ0) is 32.5. The zero-order valence-electron chi connectivity index (χ0n) is 23.7. The van der Waals surface area contributed by atoms with Crippen LogP contribution in [0.1, 0.15) is 31.0 Å². The van der Waals surface area contributed by atoms with Crippen molar-refractivity contribution in [2.75, 3.05) is 20.7 Å². The molecule has 15 heteroatoms. The highest BCUT2D eigenvalue weighted by molar-refractivity contribution is 6.30. The van der Waals surface area contributed by atoms with Crippen molar-refractivity contribution < 1.29 is 45.9 Å².